The Labute approximate surface area is 536 Å². The summed E-state index contributed by atoms with van der Waals surface area (Å²) in [7, 11) is -1.26. The lowest BCUT2D eigenvalue weighted by Crippen LogP contribution is -2.41. The van der Waals surface area contributed by atoms with Gasteiger partial charge in [-0.25, -0.2) is 19.9 Å². The predicted molar refractivity (Wildman–Crippen MR) is 345 cm³/mol. The van der Waals surface area contributed by atoms with Gasteiger partial charge in [0, 0.05) is 54.8 Å². The Bertz CT molecular complexity index is 3490. The van der Waals surface area contributed by atoms with Crippen LogP contribution >= 0.6 is 89.1 Å². The number of H-pyrrole nitrogens is 2. The summed E-state index contributed by atoms with van der Waals surface area (Å²) in [5.74, 6) is 4.31. The van der Waals surface area contributed by atoms with Crippen LogP contribution in [0, 0.1) is 34.0 Å². The first-order chi connectivity index (χ1) is 40.0. The Morgan fingerprint density at radius 1 is 0.565 bits per heavy atom. The van der Waals surface area contributed by atoms with Gasteiger partial charge in [0.05, 0.1) is 92.1 Å². The minimum Gasteiger partial charge on any atom is -0.405 e. The van der Waals surface area contributed by atoms with Crippen molar-refractivity contribution in [2.24, 2.45) is 0 Å². The smallest absolute Gasteiger partial charge is 0.405 e. The van der Waals surface area contributed by atoms with Gasteiger partial charge in [-0.3, -0.25) is 10.2 Å². The highest BCUT2D eigenvalue weighted by molar-refractivity contribution is 9.11. The van der Waals surface area contributed by atoms with Crippen LogP contribution in [0.2, 0.25) is 10.0 Å². The Balaban J connectivity index is 0.000000142. The highest BCUT2D eigenvalue weighted by Gasteiger charge is 2.64. The summed E-state index contributed by atoms with van der Waals surface area (Å²) < 4.78 is 38.4. The van der Waals surface area contributed by atoms with Crippen LogP contribution in [0.4, 0.5) is 23.3 Å². The van der Waals surface area contributed by atoms with E-state index in [1.165, 1.54) is 43.2 Å². The average molecular weight is 1380 g/mol. The maximum atomic E-state index is 8.78. The summed E-state index contributed by atoms with van der Waals surface area (Å²) in [6.07, 6.45) is 9.37. The summed E-state index contributed by atoms with van der Waals surface area (Å²) in [5, 5.41) is 47.3. The molecule has 4 N–H and O–H groups in total. The number of anilines is 4. The summed E-state index contributed by atoms with van der Waals surface area (Å²) >= 11 is 23.4. The molecular formula is C56H66B3Br2Cl2N13O6S3. The zero-order chi connectivity index (χ0) is 61.7. The van der Waals surface area contributed by atoms with Crippen LogP contribution < -0.4 is 15.4 Å². The molecule has 7 aromatic rings. The third-order valence-corrected chi connectivity index (χ3v) is 20.1. The van der Waals surface area contributed by atoms with Crippen molar-refractivity contribution in [1.82, 2.24) is 40.3 Å². The van der Waals surface area contributed by atoms with Crippen molar-refractivity contribution in [1.29, 1.82) is 15.8 Å². The average Bonchev–Trinajstić information content (AvgIpc) is 3.53. The SMILES string of the molecule is CC1(C)OB(B2OC(C)(C)C(C)(C)O2)OC1(C)C.CC1(C)OB(c2ccc(CC#N)s2)OC1(C)C.Clc1cnc(Br)nc1Nc1cc(C2CC2)[nH]n1.N#CCc1ccc(-c2ncc(Cl)c(Nc3cc(C4CC4)[nH]n3)n2)s1.N#CCc1ccc(Br)s1. The number of aromatic amines is 2. The molecular weight excluding hydrogens is 1310 g/mol. The number of nitriles is 3. The van der Waals surface area contributed by atoms with E-state index in [2.05, 4.69) is 101 Å². The fourth-order valence-electron chi connectivity index (χ4n) is 8.11. The van der Waals surface area contributed by atoms with Crippen molar-refractivity contribution in [3.63, 3.8) is 0 Å². The number of nitrogens with one attached hydrogen (secondary N) is 4. The third-order valence-electron chi connectivity index (χ3n) is 15.4. The minimum atomic E-state index is -0.476. The van der Waals surface area contributed by atoms with E-state index in [1.54, 1.807) is 28.9 Å². The molecule has 5 fully saturated rings. The predicted octanol–water partition coefficient (Wildman–Crippen LogP) is 14.4. The second-order valence-corrected chi connectivity index (χ2v) is 30.0. The van der Waals surface area contributed by atoms with E-state index in [-0.39, 0.29) is 40.7 Å². The summed E-state index contributed by atoms with van der Waals surface area (Å²) in [6, 6.07) is 22.1. The van der Waals surface area contributed by atoms with Crippen LogP contribution in [0.5, 0.6) is 0 Å². The Hall–Kier alpha value is -4.76. The Morgan fingerprint density at radius 3 is 1.42 bits per heavy atom. The molecule has 2 aliphatic carbocycles. The first kappa shape index (κ1) is 66.2. The van der Waals surface area contributed by atoms with Crippen molar-refractivity contribution in [2.45, 2.75) is 173 Å². The molecule has 0 aromatic carbocycles. The lowest BCUT2D eigenvalue weighted by molar-refractivity contribution is 0.00578. The van der Waals surface area contributed by atoms with Crippen molar-refractivity contribution in [3.05, 3.63) is 106 Å². The van der Waals surface area contributed by atoms with E-state index >= 15 is 0 Å². The molecule has 3 saturated heterocycles. The highest BCUT2D eigenvalue weighted by Crippen LogP contribution is 2.44. The monoisotopic (exact) mass is 1370 g/mol. The quantitative estimate of drug-likeness (QED) is 0.0655. The number of hydrogen-bond donors (Lipinski definition) is 4. The number of thiophene rings is 3. The number of halogens is 4. The molecule has 3 aliphatic heterocycles. The molecule has 0 bridgehead atoms. The molecule has 0 amide bonds. The van der Waals surface area contributed by atoms with Crippen LogP contribution in [0.15, 0.2) is 69.4 Å². The zero-order valence-corrected chi connectivity index (χ0v) is 56.5. The molecule has 10 heterocycles. The zero-order valence-electron chi connectivity index (χ0n) is 49.3. The Kier molecular flexibility index (Phi) is 21.3. The number of hydrogen-bond acceptors (Lipinski definition) is 20. The van der Waals surface area contributed by atoms with Crippen molar-refractivity contribution >= 4 is 138 Å². The standard InChI is InChI=1S/C16H13ClN6S.C12H24B2O4.C12H16BNO2S.C10H9BrClN5.C6H4BrNS/c17-11-8-19-16(13-4-3-10(24-13)5-6-18)21-15(11)20-14-7-12(22-23-14)9-1-2-9;1-9(2)10(3,4)16-13(15-9)14-17-11(5,6)12(7,8)18-14;1-11(2)12(3,4)16-13(15-11)10-6-5-9(17-10)7-8-14;11-10-13-4-6(12)9(15-10)14-8-3-7(16-17-8)5-1-2-5;7-6-2-1-5(9-6)3-4-8/h3-4,7-9H,1-2,5H2,(H2,19,20,21,22,23);1-8H3;5-6H,7H2,1-4H3;3-5H,1-2H2,(H2,13,14,15,16,17);1-2H,3H2. The summed E-state index contributed by atoms with van der Waals surface area (Å²) in [6.45, 7) is 24.4. The maximum absolute atomic E-state index is 8.78. The fraction of sp³-hybridized carbons (Fsp3) is 0.482. The molecule has 0 radical (unpaired) electrons. The van der Waals surface area contributed by atoms with Gasteiger partial charge < -0.3 is 38.6 Å². The van der Waals surface area contributed by atoms with E-state index in [4.69, 9.17) is 66.9 Å². The van der Waals surface area contributed by atoms with Gasteiger partial charge >= 0.3 is 21.1 Å². The van der Waals surface area contributed by atoms with Crippen molar-refractivity contribution in [2.75, 3.05) is 10.6 Å². The second-order valence-electron chi connectivity index (χ2n) is 23.6. The normalized spacial score (nSPS) is 18.9. The first-order valence-electron chi connectivity index (χ1n) is 27.5. The fourth-order valence-corrected chi connectivity index (χ4v) is 11.9. The largest absolute Gasteiger partial charge is 0.505 e. The van der Waals surface area contributed by atoms with Gasteiger partial charge in [0.15, 0.2) is 33.8 Å². The van der Waals surface area contributed by atoms with E-state index in [0.29, 0.717) is 69.2 Å². The van der Waals surface area contributed by atoms with Gasteiger partial charge in [0.25, 0.3) is 0 Å². The van der Waals surface area contributed by atoms with E-state index in [0.717, 1.165) is 45.3 Å². The molecule has 12 rings (SSSR count). The molecule has 5 aliphatic rings. The van der Waals surface area contributed by atoms with Gasteiger partial charge in [-0.1, -0.05) is 29.3 Å². The van der Waals surface area contributed by atoms with Crippen LogP contribution in [0.25, 0.3) is 10.7 Å². The van der Waals surface area contributed by atoms with Crippen LogP contribution in [0.1, 0.15) is 147 Å². The van der Waals surface area contributed by atoms with E-state index in [1.807, 2.05) is 132 Å². The van der Waals surface area contributed by atoms with Crippen LogP contribution in [-0.4, -0.2) is 95.1 Å². The molecule has 446 valence electrons. The van der Waals surface area contributed by atoms with Crippen LogP contribution in [0.3, 0.4) is 0 Å². The second kappa shape index (κ2) is 27.3. The molecule has 7 aromatic heterocycles. The van der Waals surface area contributed by atoms with Crippen molar-refractivity contribution < 1.29 is 27.9 Å². The number of nitrogens with zero attached hydrogens (tertiary/aromatic N) is 9. The lowest BCUT2D eigenvalue weighted by Gasteiger charge is -2.32. The molecule has 29 heteroatoms. The van der Waals surface area contributed by atoms with Crippen molar-refractivity contribution in [3.8, 4) is 28.9 Å². The number of aromatic nitrogens is 8. The van der Waals surface area contributed by atoms with Gasteiger partial charge in [-0.05, 0) is 171 Å². The van der Waals surface area contributed by atoms with E-state index < -0.39 is 14.0 Å². The molecule has 0 unspecified atom stereocenters. The molecule has 2 saturated carbocycles. The molecule has 19 nitrogen and oxygen atoms in total. The van der Waals surface area contributed by atoms with Crippen LogP contribution in [-0.2, 0) is 47.2 Å². The number of rotatable bonds is 12. The third kappa shape index (κ3) is 17.1. The summed E-state index contributed by atoms with van der Waals surface area (Å²) in [5.41, 5.74) is 0.248. The Morgan fingerprint density at radius 2 is 0.976 bits per heavy atom. The van der Waals surface area contributed by atoms with Gasteiger partial charge in [0.1, 0.15) is 10.0 Å². The molecule has 0 atom stereocenters. The highest BCUT2D eigenvalue weighted by atomic mass is 79.9. The lowest BCUT2D eigenvalue weighted by atomic mass is 9.49. The van der Waals surface area contributed by atoms with E-state index in [9.17, 15) is 0 Å². The molecule has 85 heavy (non-hydrogen) atoms. The topological polar surface area (TPSA) is 260 Å². The minimum absolute atomic E-state index is 0.308. The van der Waals surface area contributed by atoms with Gasteiger partial charge in [0.2, 0.25) is 0 Å². The van der Waals surface area contributed by atoms with Gasteiger partial charge in [-0.15, -0.1) is 34.0 Å². The van der Waals surface area contributed by atoms with Gasteiger partial charge in [-0.2, -0.15) is 26.0 Å². The summed E-state index contributed by atoms with van der Waals surface area (Å²) in [4.78, 5) is 20.9. The molecule has 0 spiro atoms. The first-order valence-corrected chi connectivity index (χ1v) is 32.3. The maximum Gasteiger partial charge on any atom is 0.505 e.